The van der Waals surface area contributed by atoms with Crippen molar-refractivity contribution in [2.75, 3.05) is 34.5 Å². The number of Topliss-reactive ketones (excluding diaryl/α,β-unsaturated/α-hetero) is 1. The highest BCUT2D eigenvalue weighted by molar-refractivity contribution is 6.13. The zero-order valence-corrected chi connectivity index (χ0v) is 23.7. The lowest BCUT2D eigenvalue weighted by Gasteiger charge is -2.40. The van der Waals surface area contributed by atoms with Crippen molar-refractivity contribution in [1.29, 1.82) is 0 Å². The number of hydrogen-bond acceptors (Lipinski definition) is 9. The molecule has 0 amide bonds. The van der Waals surface area contributed by atoms with E-state index in [9.17, 15) is 14.4 Å². The smallest absolute Gasteiger partial charge is 0.336 e. The van der Waals surface area contributed by atoms with E-state index in [4.69, 9.17) is 23.7 Å². The van der Waals surface area contributed by atoms with Crippen LogP contribution in [0.2, 0.25) is 0 Å². The van der Waals surface area contributed by atoms with Crippen molar-refractivity contribution in [3.63, 3.8) is 0 Å². The number of allylic oxidation sites excluding steroid dienone is 3. The van der Waals surface area contributed by atoms with Gasteiger partial charge in [0.25, 0.3) is 0 Å². The van der Waals surface area contributed by atoms with Crippen LogP contribution >= 0.6 is 0 Å². The maximum Gasteiger partial charge on any atom is 0.336 e. The van der Waals surface area contributed by atoms with E-state index in [1.54, 1.807) is 52.1 Å². The summed E-state index contributed by atoms with van der Waals surface area (Å²) in [5.74, 6) is -2.83. The number of ketones is 1. The zero-order valence-electron chi connectivity index (χ0n) is 23.7. The summed E-state index contributed by atoms with van der Waals surface area (Å²) >= 11 is 0. The lowest BCUT2D eigenvalue weighted by molar-refractivity contribution is -0.152. The van der Waals surface area contributed by atoms with Gasteiger partial charge in [0.05, 0.1) is 46.0 Å². The first kappa shape index (κ1) is 28.7. The summed E-state index contributed by atoms with van der Waals surface area (Å²) in [5, 5.41) is 3.31. The van der Waals surface area contributed by atoms with Gasteiger partial charge in [0.15, 0.2) is 17.3 Å². The van der Waals surface area contributed by atoms with Crippen LogP contribution < -0.4 is 19.5 Å². The summed E-state index contributed by atoms with van der Waals surface area (Å²) in [7, 11) is 4.57. The first-order valence-corrected chi connectivity index (χ1v) is 13.2. The molecule has 9 nitrogen and oxygen atoms in total. The number of hydrogen-bond donors (Lipinski definition) is 1. The highest BCUT2D eigenvalue weighted by atomic mass is 16.5. The summed E-state index contributed by atoms with van der Waals surface area (Å²) in [6.07, 6.45) is 0.307. The van der Waals surface area contributed by atoms with Crippen molar-refractivity contribution in [3.05, 3.63) is 76.1 Å². The molecule has 9 heteroatoms. The van der Waals surface area contributed by atoms with E-state index in [0.29, 0.717) is 46.2 Å². The number of nitrogens with one attached hydrogen (secondary N) is 1. The molecule has 0 saturated heterocycles. The molecule has 0 aromatic heterocycles. The molecule has 212 valence electrons. The van der Waals surface area contributed by atoms with Gasteiger partial charge in [-0.15, -0.1) is 0 Å². The number of rotatable bonds is 9. The number of para-hydroxylation sites is 2. The minimum atomic E-state index is -1.15. The molecule has 3 atom stereocenters. The molecular weight excluding hydrogens is 514 g/mol. The highest BCUT2D eigenvalue weighted by Crippen LogP contribution is 2.51. The van der Waals surface area contributed by atoms with E-state index < -0.39 is 35.5 Å². The Morgan fingerprint density at radius 3 is 2.17 bits per heavy atom. The number of ether oxygens (including phenoxy) is 5. The SMILES string of the molecule is CCOC(=O)C1=C(C)NC2=C(C(=O)[C@H](C(=O)OCC)[C@H](c3ccccc3OC)C2)[C@@H]1c1cccc(OC)c1OC. The Labute approximate surface area is 234 Å². The minimum absolute atomic E-state index is 0.117. The Morgan fingerprint density at radius 2 is 1.52 bits per heavy atom. The largest absolute Gasteiger partial charge is 0.496 e. The number of methoxy groups -OCH3 is 3. The minimum Gasteiger partial charge on any atom is -0.496 e. The third-order valence-corrected chi connectivity index (χ3v) is 7.34. The van der Waals surface area contributed by atoms with Crippen LogP contribution in [-0.4, -0.2) is 52.3 Å². The molecule has 0 saturated carbocycles. The maximum atomic E-state index is 14.5. The number of dihydropyridines is 1. The summed E-state index contributed by atoms with van der Waals surface area (Å²) in [6.45, 7) is 5.46. The van der Waals surface area contributed by atoms with Crippen LogP contribution in [0.15, 0.2) is 65.0 Å². The molecule has 0 unspecified atom stereocenters. The fourth-order valence-corrected chi connectivity index (χ4v) is 5.73. The first-order valence-electron chi connectivity index (χ1n) is 13.2. The summed E-state index contributed by atoms with van der Waals surface area (Å²) in [6, 6.07) is 12.6. The van der Waals surface area contributed by atoms with Crippen molar-refractivity contribution in [2.24, 2.45) is 5.92 Å². The predicted molar refractivity (Wildman–Crippen MR) is 147 cm³/mol. The lowest BCUT2D eigenvalue weighted by Crippen LogP contribution is -2.43. The van der Waals surface area contributed by atoms with E-state index in [0.717, 1.165) is 5.56 Å². The van der Waals surface area contributed by atoms with Crippen LogP contribution in [0.25, 0.3) is 0 Å². The second kappa shape index (κ2) is 12.3. The summed E-state index contributed by atoms with van der Waals surface area (Å²) in [5.41, 5.74) is 2.99. The van der Waals surface area contributed by atoms with Crippen molar-refractivity contribution in [1.82, 2.24) is 5.32 Å². The fourth-order valence-electron chi connectivity index (χ4n) is 5.73. The van der Waals surface area contributed by atoms with E-state index in [1.807, 2.05) is 18.2 Å². The van der Waals surface area contributed by atoms with E-state index in [-0.39, 0.29) is 18.8 Å². The number of benzene rings is 2. The maximum absolute atomic E-state index is 14.5. The molecule has 1 N–H and O–H groups in total. The van der Waals surface area contributed by atoms with Crippen molar-refractivity contribution in [2.45, 2.75) is 39.0 Å². The Kier molecular flexibility index (Phi) is 8.82. The summed E-state index contributed by atoms with van der Waals surface area (Å²) in [4.78, 5) is 41.4. The highest BCUT2D eigenvalue weighted by Gasteiger charge is 2.50. The average molecular weight is 550 g/mol. The van der Waals surface area contributed by atoms with Gasteiger partial charge in [-0.05, 0) is 44.9 Å². The van der Waals surface area contributed by atoms with Gasteiger partial charge in [0, 0.05) is 28.4 Å². The molecule has 0 radical (unpaired) electrons. The van der Waals surface area contributed by atoms with Gasteiger partial charge in [0.1, 0.15) is 11.7 Å². The molecule has 0 spiro atoms. The summed E-state index contributed by atoms with van der Waals surface area (Å²) < 4.78 is 27.7. The van der Waals surface area contributed by atoms with Crippen LogP contribution in [0, 0.1) is 5.92 Å². The number of esters is 2. The van der Waals surface area contributed by atoms with Gasteiger partial charge < -0.3 is 29.0 Å². The van der Waals surface area contributed by atoms with Crippen LogP contribution in [0.4, 0.5) is 0 Å². The molecule has 2 aliphatic rings. The van der Waals surface area contributed by atoms with E-state index in [2.05, 4.69) is 5.32 Å². The first-order chi connectivity index (χ1) is 19.3. The monoisotopic (exact) mass is 549 g/mol. The third-order valence-electron chi connectivity index (χ3n) is 7.34. The van der Waals surface area contributed by atoms with Gasteiger partial charge in [-0.3, -0.25) is 9.59 Å². The van der Waals surface area contributed by atoms with E-state index >= 15 is 0 Å². The molecule has 1 aliphatic carbocycles. The van der Waals surface area contributed by atoms with Gasteiger partial charge >= 0.3 is 11.9 Å². The van der Waals surface area contributed by atoms with Gasteiger partial charge in [-0.1, -0.05) is 30.3 Å². The van der Waals surface area contributed by atoms with Crippen molar-refractivity contribution < 1.29 is 38.1 Å². The molecule has 40 heavy (non-hydrogen) atoms. The Balaban J connectivity index is 1.98. The third kappa shape index (κ3) is 5.03. The quantitative estimate of drug-likeness (QED) is 0.359. The van der Waals surface area contributed by atoms with Crippen molar-refractivity contribution >= 4 is 17.7 Å². The van der Waals surface area contributed by atoms with Gasteiger partial charge in [-0.25, -0.2) is 4.79 Å². The lowest BCUT2D eigenvalue weighted by atomic mass is 9.67. The molecule has 2 aromatic rings. The molecule has 2 aromatic carbocycles. The number of carbonyl (C=O) groups is 3. The van der Waals surface area contributed by atoms with Gasteiger partial charge in [-0.2, -0.15) is 0 Å². The normalized spacial score (nSPS) is 20.4. The molecule has 1 heterocycles. The van der Waals surface area contributed by atoms with Crippen LogP contribution in [0.5, 0.6) is 17.2 Å². The Morgan fingerprint density at radius 1 is 0.875 bits per heavy atom. The number of carbonyl (C=O) groups excluding carboxylic acids is 3. The Bertz CT molecular complexity index is 1380. The molecule has 0 bridgehead atoms. The standard InChI is InChI=1S/C31H35NO8/c1-7-39-30(34)24-17(3)32-21-16-20(18-12-9-10-14-22(18)36-4)26(31(35)40-8-2)28(33)27(21)25(24)19-13-11-15-23(37-5)29(19)38-6/h9-15,20,25-26,32H,7-8,16H2,1-6H3/t20-,25+,26+/m0/s1. The second-order valence-corrected chi connectivity index (χ2v) is 9.44. The van der Waals surface area contributed by atoms with Crippen molar-refractivity contribution in [3.8, 4) is 17.2 Å². The molecule has 1 aliphatic heterocycles. The molecular formula is C31H35NO8. The topological polar surface area (TPSA) is 109 Å². The van der Waals surface area contributed by atoms with Crippen LogP contribution in [0.3, 0.4) is 0 Å². The van der Waals surface area contributed by atoms with Crippen LogP contribution in [-0.2, 0) is 23.9 Å². The zero-order chi connectivity index (χ0) is 29.0. The Hall–Kier alpha value is -4.27. The molecule has 0 fully saturated rings. The van der Waals surface area contributed by atoms with Crippen LogP contribution in [0.1, 0.15) is 50.2 Å². The van der Waals surface area contributed by atoms with Gasteiger partial charge in [0.2, 0.25) is 0 Å². The fraction of sp³-hybridized carbons (Fsp3) is 0.387. The average Bonchev–Trinajstić information content (AvgIpc) is 2.95. The predicted octanol–water partition coefficient (Wildman–Crippen LogP) is 4.43. The van der Waals surface area contributed by atoms with E-state index in [1.165, 1.54) is 14.2 Å². The molecule has 4 rings (SSSR count). The second-order valence-electron chi connectivity index (χ2n) is 9.44.